The average Bonchev–Trinajstić information content (AvgIpc) is 2.56. The highest BCUT2D eigenvalue weighted by atomic mass is 79.9. The zero-order valence-electron chi connectivity index (χ0n) is 8.60. The zero-order chi connectivity index (χ0) is 11.3. The van der Waals surface area contributed by atoms with Gasteiger partial charge in [0.15, 0.2) is 0 Å². The van der Waals surface area contributed by atoms with E-state index in [1.165, 1.54) is 0 Å². The summed E-state index contributed by atoms with van der Waals surface area (Å²) in [7, 11) is 0. The molecular weight excluding hydrogens is 268 g/mol. The molecule has 0 fully saturated rings. The van der Waals surface area contributed by atoms with E-state index >= 15 is 0 Å². The zero-order valence-corrected chi connectivity index (χ0v) is 10.2. The van der Waals surface area contributed by atoms with Crippen LogP contribution in [0.1, 0.15) is 5.69 Å². The molecular formula is C12H9BrN2O. The van der Waals surface area contributed by atoms with Crippen LogP contribution in [0, 0.1) is 6.92 Å². The molecule has 0 aliphatic heterocycles. The third-order valence-electron chi connectivity index (χ3n) is 2.76. The molecule has 0 aliphatic rings. The number of rotatable bonds is 0. The summed E-state index contributed by atoms with van der Waals surface area (Å²) in [5.74, 6) is 0. The first kappa shape index (κ1) is 9.66. The van der Waals surface area contributed by atoms with E-state index in [0.717, 1.165) is 32.0 Å². The van der Waals surface area contributed by atoms with Crippen LogP contribution in [-0.4, -0.2) is 9.97 Å². The van der Waals surface area contributed by atoms with Crippen molar-refractivity contribution in [2.24, 2.45) is 0 Å². The van der Waals surface area contributed by atoms with E-state index in [1.807, 2.05) is 25.1 Å². The molecule has 0 bridgehead atoms. The SMILES string of the molecule is Cc1[nH]c(=O)cc2c1[nH]c1cc(Br)ccc12. The fourth-order valence-electron chi connectivity index (χ4n) is 2.05. The van der Waals surface area contributed by atoms with Crippen molar-refractivity contribution in [3.8, 4) is 0 Å². The predicted molar refractivity (Wildman–Crippen MR) is 68.9 cm³/mol. The molecule has 4 heteroatoms. The van der Waals surface area contributed by atoms with Gasteiger partial charge in [-0.3, -0.25) is 4.79 Å². The largest absolute Gasteiger partial charge is 0.353 e. The number of halogens is 1. The lowest BCUT2D eigenvalue weighted by molar-refractivity contribution is 1.16. The Kier molecular flexibility index (Phi) is 1.94. The fraction of sp³-hybridized carbons (Fsp3) is 0.0833. The molecule has 2 aromatic heterocycles. The minimum atomic E-state index is -0.0613. The molecule has 0 aliphatic carbocycles. The van der Waals surface area contributed by atoms with Gasteiger partial charge in [-0.1, -0.05) is 22.0 Å². The van der Waals surface area contributed by atoms with Gasteiger partial charge in [-0.05, 0) is 19.1 Å². The van der Waals surface area contributed by atoms with Gasteiger partial charge in [0.25, 0.3) is 0 Å². The van der Waals surface area contributed by atoms with Crippen LogP contribution in [0.15, 0.2) is 33.5 Å². The number of pyridine rings is 1. The Labute approximate surface area is 99.6 Å². The molecule has 0 amide bonds. The molecule has 0 atom stereocenters. The van der Waals surface area contributed by atoms with Crippen LogP contribution >= 0.6 is 15.9 Å². The second-order valence-corrected chi connectivity index (χ2v) is 4.78. The minimum Gasteiger partial charge on any atom is -0.353 e. The topological polar surface area (TPSA) is 48.6 Å². The van der Waals surface area contributed by atoms with E-state index in [9.17, 15) is 4.79 Å². The van der Waals surface area contributed by atoms with Crippen molar-refractivity contribution in [3.05, 3.63) is 44.8 Å². The highest BCUT2D eigenvalue weighted by Gasteiger charge is 2.07. The van der Waals surface area contributed by atoms with Gasteiger partial charge in [-0.25, -0.2) is 0 Å². The molecule has 3 rings (SSSR count). The van der Waals surface area contributed by atoms with Crippen molar-refractivity contribution in [1.82, 2.24) is 9.97 Å². The van der Waals surface area contributed by atoms with Crippen LogP contribution in [0.4, 0.5) is 0 Å². The van der Waals surface area contributed by atoms with Crippen molar-refractivity contribution >= 4 is 37.7 Å². The van der Waals surface area contributed by atoms with Crippen LogP contribution in [0.3, 0.4) is 0 Å². The maximum atomic E-state index is 11.4. The number of hydrogen-bond donors (Lipinski definition) is 2. The third kappa shape index (κ3) is 1.30. The minimum absolute atomic E-state index is 0.0613. The maximum absolute atomic E-state index is 11.4. The Hall–Kier alpha value is -1.55. The Morgan fingerprint density at radius 2 is 1.94 bits per heavy atom. The summed E-state index contributed by atoms with van der Waals surface area (Å²) >= 11 is 3.43. The van der Waals surface area contributed by atoms with Gasteiger partial charge in [-0.2, -0.15) is 0 Å². The third-order valence-corrected chi connectivity index (χ3v) is 3.26. The standard InChI is InChI=1S/C12H9BrN2O/c1-6-12-9(5-11(16)14-6)8-3-2-7(13)4-10(8)15-12/h2-5,15H,1H3,(H,14,16). The first-order chi connectivity index (χ1) is 7.65. The van der Waals surface area contributed by atoms with Crippen molar-refractivity contribution in [1.29, 1.82) is 0 Å². The fourth-order valence-corrected chi connectivity index (χ4v) is 2.41. The second kappa shape index (κ2) is 3.22. The summed E-state index contributed by atoms with van der Waals surface area (Å²) in [6.07, 6.45) is 0. The Morgan fingerprint density at radius 1 is 1.12 bits per heavy atom. The lowest BCUT2D eigenvalue weighted by Crippen LogP contribution is -2.04. The number of aryl methyl sites for hydroxylation is 1. The molecule has 3 aromatic rings. The van der Waals surface area contributed by atoms with Crippen LogP contribution in [0.2, 0.25) is 0 Å². The quantitative estimate of drug-likeness (QED) is 0.651. The van der Waals surface area contributed by atoms with Gasteiger partial charge < -0.3 is 9.97 Å². The molecule has 1 aromatic carbocycles. The molecule has 0 spiro atoms. The molecule has 16 heavy (non-hydrogen) atoms. The molecule has 2 N–H and O–H groups in total. The Morgan fingerprint density at radius 3 is 2.75 bits per heavy atom. The number of H-pyrrole nitrogens is 2. The number of aromatic nitrogens is 2. The van der Waals surface area contributed by atoms with Gasteiger partial charge in [0.2, 0.25) is 5.56 Å². The summed E-state index contributed by atoms with van der Waals surface area (Å²) in [5.41, 5.74) is 2.84. The molecule has 0 radical (unpaired) electrons. The molecule has 0 unspecified atom stereocenters. The van der Waals surface area contributed by atoms with Gasteiger partial charge in [-0.15, -0.1) is 0 Å². The van der Waals surface area contributed by atoms with Crippen LogP contribution in [-0.2, 0) is 0 Å². The smallest absolute Gasteiger partial charge is 0.248 e. The Bertz CT molecular complexity index is 755. The average molecular weight is 277 g/mol. The van der Waals surface area contributed by atoms with Gasteiger partial charge in [0.05, 0.1) is 5.52 Å². The highest BCUT2D eigenvalue weighted by molar-refractivity contribution is 9.10. The summed E-state index contributed by atoms with van der Waals surface area (Å²) in [5, 5.41) is 2.05. The second-order valence-electron chi connectivity index (χ2n) is 3.86. The number of nitrogens with one attached hydrogen (secondary N) is 2. The number of aromatic amines is 2. The van der Waals surface area contributed by atoms with E-state index in [-0.39, 0.29) is 5.56 Å². The molecule has 3 nitrogen and oxygen atoms in total. The summed E-state index contributed by atoms with van der Waals surface area (Å²) < 4.78 is 1.02. The molecule has 80 valence electrons. The van der Waals surface area contributed by atoms with Crippen LogP contribution < -0.4 is 5.56 Å². The number of benzene rings is 1. The first-order valence-electron chi connectivity index (χ1n) is 4.96. The lowest BCUT2D eigenvalue weighted by atomic mass is 10.2. The molecule has 0 saturated heterocycles. The monoisotopic (exact) mass is 276 g/mol. The Balaban J connectivity index is 2.61. The summed E-state index contributed by atoms with van der Waals surface area (Å²) in [4.78, 5) is 17.5. The first-order valence-corrected chi connectivity index (χ1v) is 5.75. The number of hydrogen-bond acceptors (Lipinski definition) is 1. The highest BCUT2D eigenvalue weighted by Crippen LogP contribution is 2.27. The lowest BCUT2D eigenvalue weighted by Gasteiger charge is -1.94. The van der Waals surface area contributed by atoms with Gasteiger partial charge in [0, 0.05) is 32.5 Å². The normalized spacial score (nSPS) is 11.4. The van der Waals surface area contributed by atoms with Crippen LogP contribution in [0.25, 0.3) is 21.8 Å². The molecule has 2 heterocycles. The van der Waals surface area contributed by atoms with Crippen molar-refractivity contribution in [2.45, 2.75) is 6.92 Å². The van der Waals surface area contributed by atoms with Crippen molar-refractivity contribution < 1.29 is 0 Å². The maximum Gasteiger partial charge on any atom is 0.248 e. The van der Waals surface area contributed by atoms with E-state index in [0.29, 0.717) is 0 Å². The van der Waals surface area contributed by atoms with Crippen LogP contribution in [0.5, 0.6) is 0 Å². The van der Waals surface area contributed by atoms with E-state index in [1.54, 1.807) is 6.07 Å². The summed E-state index contributed by atoms with van der Waals surface area (Å²) in [6, 6.07) is 7.64. The van der Waals surface area contributed by atoms with Crippen molar-refractivity contribution in [3.63, 3.8) is 0 Å². The molecule has 0 saturated carbocycles. The van der Waals surface area contributed by atoms with E-state index in [4.69, 9.17) is 0 Å². The van der Waals surface area contributed by atoms with Gasteiger partial charge >= 0.3 is 0 Å². The van der Waals surface area contributed by atoms with Crippen molar-refractivity contribution in [2.75, 3.05) is 0 Å². The van der Waals surface area contributed by atoms with E-state index in [2.05, 4.69) is 25.9 Å². The van der Waals surface area contributed by atoms with E-state index < -0.39 is 0 Å². The van der Waals surface area contributed by atoms with Gasteiger partial charge in [0.1, 0.15) is 0 Å². The summed E-state index contributed by atoms with van der Waals surface area (Å²) in [6.45, 7) is 1.90. The predicted octanol–water partition coefficient (Wildman–Crippen LogP) is 3.08. The number of fused-ring (bicyclic) bond motifs is 3.